The van der Waals surface area contributed by atoms with Gasteiger partial charge in [-0.2, -0.15) is 0 Å². The Morgan fingerprint density at radius 2 is 1.44 bits per heavy atom. The molecule has 1 aliphatic carbocycles. The van der Waals surface area contributed by atoms with Crippen LogP contribution in [0.4, 0.5) is 0 Å². The van der Waals surface area contributed by atoms with Crippen LogP contribution in [0.15, 0.2) is 0 Å². The van der Waals surface area contributed by atoms with Gasteiger partial charge in [0.1, 0.15) is 12.2 Å². The van der Waals surface area contributed by atoms with Gasteiger partial charge in [-0.25, -0.2) is 0 Å². The Bertz CT molecular complexity index is 129. The molecule has 0 aromatic heterocycles. The largest absolute Gasteiger partial charge is 0.380 e. The monoisotopic (exact) mass is 126 g/mol. The van der Waals surface area contributed by atoms with Crippen molar-refractivity contribution in [2.75, 3.05) is 0 Å². The first-order valence-electron chi connectivity index (χ1n) is 3.16. The fourth-order valence-corrected chi connectivity index (χ4v) is 0.841. The molecule has 0 spiro atoms. The van der Waals surface area contributed by atoms with Gasteiger partial charge in [-0.05, 0) is 19.3 Å². The smallest absolute Gasteiger partial charge is 0.114 e. The molecule has 1 rings (SSSR count). The summed E-state index contributed by atoms with van der Waals surface area (Å²) in [4.78, 5) is 0. The molecule has 2 unspecified atom stereocenters. The predicted octanol–water partition coefficient (Wildman–Crippen LogP) is -0.105. The molecule has 0 radical (unpaired) electrons. The van der Waals surface area contributed by atoms with Crippen molar-refractivity contribution < 1.29 is 10.2 Å². The van der Waals surface area contributed by atoms with Crippen LogP contribution in [-0.4, -0.2) is 22.4 Å². The van der Waals surface area contributed by atoms with Crippen LogP contribution in [0.2, 0.25) is 0 Å². The summed E-state index contributed by atoms with van der Waals surface area (Å²) < 4.78 is 0. The van der Waals surface area contributed by atoms with Crippen LogP contribution in [0.25, 0.3) is 0 Å². The van der Waals surface area contributed by atoms with E-state index in [1.165, 1.54) is 0 Å². The van der Waals surface area contributed by atoms with E-state index in [0.29, 0.717) is 12.8 Å². The van der Waals surface area contributed by atoms with Crippen molar-refractivity contribution in [1.29, 1.82) is 0 Å². The summed E-state index contributed by atoms with van der Waals surface area (Å²) in [6.45, 7) is 0. The maximum Gasteiger partial charge on any atom is 0.114 e. The highest BCUT2D eigenvalue weighted by molar-refractivity contribution is 5.10. The van der Waals surface area contributed by atoms with Gasteiger partial charge in [0.25, 0.3) is 0 Å². The zero-order valence-corrected chi connectivity index (χ0v) is 5.17. The fraction of sp³-hybridized carbons (Fsp3) is 0.714. The van der Waals surface area contributed by atoms with Gasteiger partial charge in [-0.3, -0.25) is 0 Å². The maximum absolute atomic E-state index is 8.92. The Hall–Kier alpha value is -0.520. The van der Waals surface area contributed by atoms with Gasteiger partial charge in [0.2, 0.25) is 0 Å². The average molecular weight is 126 g/mol. The minimum absolute atomic E-state index is 0.512. The minimum Gasteiger partial charge on any atom is -0.380 e. The van der Waals surface area contributed by atoms with E-state index < -0.39 is 12.2 Å². The van der Waals surface area contributed by atoms with Crippen LogP contribution in [0, 0.1) is 11.8 Å². The van der Waals surface area contributed by atoms with Crippen molar-refractivity contribution in [2.45, 2.75) is 31.5 Å². The van der Waals surface area contributed by atoms with Crippen molar-refractivity contribution in [2.24, 2.45) is 0 Å². The molecule has 0 saturated carbocycles. The molecule has 1 aliphatic rings. The highest BCUT2D eigenvalue weighted by Crippen LogP contribution is 2.06. The van der Waals surface area contributed by atoms with Crippen LogP contribution in [0.1, 0.15) is 19.3 Å². The molecular formula is C7H10O2. The summed E-state index contributed by atoms with van der Waals surface area (Å²) in [6, 6.07) is 0. The Kier molecular flexibility index (Phi) is 2.10. The number of hydrogen-bond donors (Lipinski definition) is 2. The third kappa shape index (κ3) is 2.05. The van der Waals surface area contributed by atoms with Crippen molar-refractivity contribution in [3.63, 3.8) is 0 Å². The molecule has 0 aliphatic heterocycles. The van der Waals surface area contributed by atoms with Crippen molar-refractivity contribution in [1.82, 2.24) is 0 Å². The first-order chi connectivity index (χ1) is 4.29. The molecule has 0 bridgehead atoms. The molecule has 50 valence electrons. The summed E-state index contributed by atoms with van der Waals surface area (Å²) in [7, 11) is 0. The van der Waals surface area contributed by atoms with Gasteiger partial charge >= 0.3 is 0 Å². The van der Waals surface area contributed by atoms with E-state index in [2.05, 4.69) is 11.8 Å². The van der Waals surface area contributed by atoms with E-state index in [-0.39, 0.29) is 0 Å². The van der Waals surface area contributed by atoms with Crippen molar-refractivity contribution in [3.8, 4) is 11.8 Å². The Morgan fingerprint density at radius 1 is 1.00 bits per heavy atom. The molecule has 0 aromatic rings. The first kappa shape index (κ1) is 6.60. The molecule has 2 N–H and O–H groups in total. The lowest BCUT2D eigenvalue weighted by Gasteiger charge is -1.98. The molecule has 2 heteroatoms. The van der Waals surface area contributed by atoms with E-state index in [1.807, 2.05) is 0 Å². The molecule has 0 heterocycles. The quantitative estimate of drug-likeness (QED) is 0.445. The van der Waals surface area contributed by atoms with E-state index in [4.69, 9.17) is 10.2 Å². The standard InChI is InChI=1S/C7H10O2/c8-6-2-1-3-7(9)5-4-6/h6-9H,1-3H2. The van der Waals surface area contributed by atoms with E-state index >= 15 is 0 Å². The predicted molar refractivity (Wildman–Crippen MR) is 33.6 cm³/mol. The molecule has 0 fully saturated rings. The molecule has 0 amide bonds. The van der Waals surface area contributed by atoms with Gasteiger partial charge in [-0.1, -0.05) is 11.8 Å². The lowest BCUT2D eigenvalue weighted by atomic mass is 10.2. The minimum atomic E-state index is -0.512. The number of rotatable bonds is 0. The van der Waals surface area contributed by atoms with Gasteiger partial charge in [0.15, 0.2) is 0 Å². The molecule has 0 aromatic carbocycles. The number of hydrogen-bond acceptors (Lipinski definition) is 2. The molecule has 2 atom stereocenters. The van der Waals surface area contributed by atoms with Crippen molar-refractivity contribution >= 4 is 0 Å². The van der Waals surface area contributed by atoms with Crippen LogP contribution >= 0.6 is 0 Å². The second-order valence-electron chi connectivity index (χ2n) is 2.25. The second-order valence-corrected chi connectivity index (χ2v) is 2.25. The highest BCUT2D eigenvalue weighted by Gasteiger charge is 2.06. The van der Waals surface area contributed by atoms with Crippen LogP contribution < -0.4 is 0 Å². The zero-order chi connectivity index (χ0) is 6.69. The molecular weight excluding hydrogens is 116 g/mol. The fourth-order valence-electron chi connectivity index (χ4n) is 0.841. The van der Waals surface area contributed by atoms with Gasteiger partial charge in [0.05, 0.1) is 0 Å². The number of aliphatic hydroxyl groups is 2. The van der Waals surface area contributed by atoms with E-state index in [9.17, 15) is 0 Å². The maximum atomic E-state index is 8.92. The third-order valence-electron chi connectivity index (χ3n) is 1.37. The normalized spacial score (nSPS) is 34.4. The summed E-state index contributed by atoms with van der Waals surface area (Å²) in [6.07, 6.45) is 1.22. The van der Waals surface area contributed by atoms with Gasteiger partial charge in [0, 0.05) is 0 Å². The lowest BCUT2D eigenvalue weighted by Crippen LogP contribution is -2.00. The van der Waals surface area contributed by atoms with Crippen LogP contribution in [0.5, 0.6) is 0 Å². The third-order valence-corrected chi connectivity index (χ3v) is 1.37. The topological polar surface area (TPSA) is 40.5 Å². The Balaban J connectivity index is 2.49. The van der Waals surface area contributed by atoms with Crippen LogP contribution in [0.3, 0.4) is 0 Å². The Morgan fingerprint density at radius 3 is 1.89 bits per heavy atom. The molecule has 0 saturated heterocycles. The zero-order valence-electron chi connectivity index (χ0n) is 5.17. The molecule has 9 heavy (non-hydrogen) atoms. The lowest BCUT2D eigenvalue weighted by molar-refractivity contribution is 0.200. The summed E-state index contributed by atoms with van der Waals surface area (Å²) in [5.74, 6) is 5.10. The van der Waals surface area contributed by atoms with Gasteiger partial charge < -0.3 is 10.2 Å². The first-order valence-corrected chi connectivity index (χ1v) is 3.16. The average Bonchev–Trinajstić information content (AvgIpc) is 1.97. The van der Waals surface area contributed by atoms with Gasteiger partial charge in [-0.15, -0.1) is 0 Å². The van der Waals surface area contributed by atoms with Crippen LogP contribution in [-0.2, 0) is 0 Å². The summed E-state index contributed by atoms with van der Waals surface area (Å²) >= 11 is 0. The van der Waals surface area contributed by atoms with E-state index in [1.54, 1.807) is 0 Å². The highest BCUT2D eigenvalue weighted by atomic mass is 16.3. The van der Waals surface area contributed by atoms with E-state index in [0.717, 1.165) is 6.42 Å². The Labute approximate surface area is 54.5 Å². The number of aliphatic hydroxyl groups excluding tert-OH is 2. The second kappa shape index (κ2) is 2.86. The summed E-state index contributed by atoms with van der Waals surface area (Å²) in [5, 5.41) is 17.8. The van der Waals surface area contributed by atoms with Crippen molar-refractivity contribution in [3.05, 3.63) is 0 Å². The SMILES string of the molecule is OC1C#CC(O)CCC1. The summed E-state index contributed by atoms with van der Waals surface area (Å²) in [5.41, 5.74) is 0. The molecule has 2 nitrogen and oxygen atoms in total.